The SMILES string of the molecule is O=C(Nc1n[nH]c2cc(-c3ccc(O)cc3)ccc12)c1ccc(OCCN2CCCCC2)cc1. The van der Waals surface area contributed by atoms with Crippen molar-refractivity contribution in [3.63, 3.8) is 0 Å². The Bertz CT molecular complexity index is 1260. The minimum atomic E-state index is -0.226. The number of fused-ring (bicyclic) bond motifs is 1. The van der Waals surface area contributed by atoms with Crippen LogP contribution in [0.25, 0.3) is 22.0 Å². The average Bonchev–Trinajstić information content (AvgIpc) is 3.27. The molecule has 0 spiro atoms. The zero-order valence-corrected chi connectivity index (χ0v) is 19.0. The van der Waals surface area contributed by atoms with Gasteiger partial charge in [0.2, 0.25) is 0 Å². The number of hydrogen-bond acceptors (Lipinski definition) is 5. The van der Waals surface area contributed by atoms with Gasteiger partial charge in [-0.25, -0.2) is 0 Å². The summed E-state index contributed by atoms with van der Waals surface area (Å²) in [6.07, 6.45) is 3.87. The second-order valence-corrected chi connectivity index (χ2v) is 8.61. The molecule has 7 nitrogen and oxygen atoms in total. The molecule has 1 fully saturated rings. The van der Waals surface area contributed by atoms with Gasteiger partial charge in [-0.05, 0) is 85.6 Å². The number of H-pyrrole nitrogens is 1. The molecule has 5 rings (SSSR count). The Kier molecular flexibility index (Phi) is 6.44. The van der Waals surface area contributed by atoms with E-state index in [2.05, 4.69) is 20.4 Å². The van der Waals surface area contributed by atoms with Gasteiger partial charge in [0, 0.05) is 17.5 Å². The minimum absolute atomic E-state index is 0.226. The predicted molar refractivity (Wildman–Crippen MR) is 133 cm³/mol. The Morgan fingerprint density at radius 1 is 0.971 bits per heavy atom. The molecule has 174 valence electrons. The van der Waals surface area contributed by atoms with Gasteiger partial charge in [-0.3, -0.25) is 14.8 Å². The van der Waals surface area contributed by atoms with Crippen molar-refractivity contribution >= 4 is 22.6 Å². The van der Waals surface area contributed by atoms with Gasteiger partial charge >= 0.3 is 0 Å². The van der Waals surface area contributed by atoms with Gasteiger partial charge in [0.15, 0.2) is 5.82 Å². The smallest absolute Gasteiger partial charge is 0.256 e. The van der Waals surface area contributed by atoms with Crippen molar-refractivity contribution in [2.75, 3.05) is 31.6 Å². The number of piperidine rings is 1. The summed E-state index contributed by atoms with van der Waals surface area (Å²) in [5, 5.41) is 20.5. The van der Waals surface area contributed by atoms with Gasteiger partial charge in [-0.1, -0.05) is 24.6 Å². The molecule has 2 heterocycles. The fourth-order valence-corrected chi connectivity index (χ4v) is 4.31. The number of carbonyl (C=O) groups is 1. The highest BCUT2D eigenvalue weighted by molar-refractivity contribution is 6.08. The number of benzene rings is 3. The molecule has 0 radical (unpaired) electrons. The first-order valence-corrected chi connectivity index (χ1v) is 11.7. The second kappa shape index (κ2) is 9.97. The van der Waals surface area contributed by atoms with E-state index in [4.69, 9.17) is 4.74 Å². The van der Waals surface area contributed by atoms with Crippen LogP contribution in [0.1, 0.15) is 29.6 Å². The highest BCUT2D eigenvalue weighted by atomic mass is 16.5. The topological polar surface area (TPSA) is 90.5 Å². The number of hydrogen-bond donors (Lipinski definition) is 3. The zero-order chi connectivity index (χ0) is 23.3. The lowest BCUT2D eigenvalue weighted by Gasteiger charge is -2.26. The highest BCUT2D eigenvalue weighted by Crippen LogP contribution is 2.28. The average molecular weight is 457 g/mol. The summed E-state index contributed by atoms with van der Waals surface area (Å²) in [4.78, 5) is 15.2. The number of nitrogens with one attached hydrogen (secondary N) is 2. The summed E-state index contributed by atoms with van der Waals surface area (Å²) in [6.45, 7) is 3.89. The summed E-state index contributed by atoms with van der Waals surface area (Å²) >= 11 is 0. The fraction of sp³-hybridized carbons (Fsp3) is 0.259. The number of amides is 1. The standard InChI is InChI=1S/C27H28N4O3/c32-22-9-4-19(5-10-22)21-8-13-24-25(18-21)29-30-26(24)28-27(33)20-6-11-23(12-7-20)34-17-16-31-14-2-1-3-15-31/h4-13,18,32H,1-3,14-17H2,(H2,28,29,30,33). The Hall–Kier alpha value is -3.84. The van der Waals surface area contributed by atoms with E-state index in [9.17, 15) is 9.90 Å². The molecule has 3 aromatic carbocycles. The summed E-state index contributed by atoms with van der Waals surface area (Å²) in [5.74, 6) is 1.25. The summed E-state index contributed by atoms with van der Waals surface area (Å²) < 4.78 is 5.86. The van der Waals surface area contributed by atoms with Crippen molar-refractivity contribution in [1.82, 2.24) is 15.1 Å². The molecule has 1 saturated heterocycles. The molecular weight excluding hydrogens is 428 g/mol. The summed E-state index contributed by atoms with van der Waals surface area (Å²) in [7, 11) is 0. The fourth-order valence-electron chi connectivity index (χ4n) is 4.31. The van der Waals surface area contributed by atoms with Crippen LogP contribution in [0.4, 0.5) is 5.82 Å². The molecule has 0 saturated carbocycles. The minimum Gasteiger partial charge on any atom is -0.508 e. The van der Waals surface area contributed by atoms with Crippen LogP contribution in [0.15, 0.2) is 66.7 Å². The number of ether oxygens (including phenoxy) is 1. The molecule has 0 atom stereocenters. The monoisotopic (exact) mass is 456 g/mol. The van der Waals surface area contributed by atoms with Crippen LogP contribution in [0.2, 0.25) is 0 Å². The van der Waals surface area contributed by atoms with E-state index in [0.717, 1.165) is 47.4 Å². The van der Waals surface area contributed by atoms with E-state index in [1.165, 1.54) is 19.3 Å². The van der Waals surface area contributed by atoms with Crippen molar-refractivity contribution in [3.8, 4) is 22.6 Å². The van der Waals surface area contributed by atoms with E-state index in [-0.39, 0.29) is 11.7 Å². The van der Waals surface area contributed by atoms with Crippen molar-refractivity contribution in [2.45, 2.75) is 19.3 Å². The molecular formula is C27H28N4O3. The van der Waals surface area contributed by atoms with Crippen LogP contribution in [-0.4, -0.2) is 52.4 Å². The maximum absolute atomic E-state index is 12.8. The maximum Gasteiger partial charge on any atom is 0.256 e. The van der Waals surface area contributed by atoms with Crippen LogP contribution in [-0.2, 0) is 0 Å². The third-order valence-corrected chi connectivity index (χ3v) is 6.24. The molecule has 34 heavy (non-hydrogen) atoms. The van der Waals surface area contributed by atoms with Crippen LogP contribution < -0.4 is 10.1 Å². The lowest BCUT2D eigenvalue weighted by atomic mass is 10.0. The molecule has 1 aliphatic rings. The van der Waals surface area contributed by atoms with Gasteiger partial charge < -0.3 is 15.2 Å². The molecule has 0 aliphatic carbocycles. The van der Waals surface area contributed by atoms with Crippen molar-refractivity contribution < 1.29 is 14.6 Å². The van der Waals surface area contributed by atoms with Gasteiger partial charge in [0.1, 0.15) is 18.1 Å². The number of nitrogens with zero attached hydrogens (tertiary/aromatic N) is 2. The number of likely N-dealkylation sites (tertiary alicyclic amines) is 1. The van der Waals surface area contributed by atoms with Crippen LogP contribution in [0, 0.1) is 0 Å². The molecule has 7 heteroatoms. The Labute approximate surface area is 198 Å². The van der Waals surface area contributed by atoms with Crippen LogP contribution >= 0.6 is 0 Å². The van der Waals surface area contributed by atoms with Gasteiger partial charge in [-0.2, -0.15) is 5.10 Å². The predicted octanol–water partition coefficient (Wildman–Crippen LogP) is 5.05. The quantitative estimate of drug-likeness (QED) is 0.362. The zero-order valence-electron chi connectivity index (χ0n) is 19.0. The first kappa shape index (κ1) is 22.0. The van der Waals surface area contributed by atoms with E-state index in [1.54, 1.807) is 24.3 Å². The van der Waals surface area contributed by atoms with Crippen LogP contribution in [0.3, 0.4) is 0 Å². The van der Waals surface area contributed by atoms with Gasteiger partial charge in [-0.15, -0.1) is 0 Å². The Balaban J connectivity index is 1.20. The van der Waals surface area contributed by atoms with E-state index >= 15 is 0 Å². The maximum atomic E-state index is 12.8. The molecule has 1 amide bonds. The first-order valence-electron chi connectivity index (χ1n) is 11.7. The Morgan fingerprint density at radius 2 is 1.71 bits per heavy atom. The van der Waals surface area contributed by atoms with Crippen molar-refractivity contribution in [2.24, 2.45) is 0 Å². The van der Waals surface area contributed by atoms with Crippen LogP contribution in [0.5, 0.6) is 11.5 Å². The third-order valence-electron chi connectivity index (χ3n) is 6.24. The molecule has 4 aromatic rings. The third kappa shape index (κ3) is 5.05. The first-order chi connectivity index (χ1) is 16.7. The largest absolute Gasteiger partial charge is 0.508 e. The lowest BCUT2D eigenvalue weighted by Crippen LogP contribution is -2.33. The molecule has 0 bridgehead atoms. The van der Waals surface area contributed by atoms with Crippen molar-refractivity contribution in [1.29, 1.82) is 0 Å². The number of phenolic OH excluding ortho intramolecular Hbond substituents is 1. The van der Waals surface area contributed by atoms with Gasteiger partial charge in [0.25, 0.3) is 5.91 Å². The number of aromatic amines is 1. The number of carbonyl (C=O) groups excluding carboxylic acids is 1. The number of aromatic hydroxyl groups is 1. The Morgan fingerprint density at radius 3 is 2.47 bits per heavy atom. The molecule has 3 N–H and O–H groups in total. The van der Waals surface area contributed by atoms with E-state index < -0.39 is 0 Å². The second-order valence-electron chi connectivity index (χ2n) is 8.61. The molecule has 1 aliphatic heterocycles. The number of phenols is 1. The van der Waals surface area contributed by atoms with E-state index in [0.29, 0.717) is 18.0 Å². The molecule has 1 aromatic heterocycles. The molecule has 0 unspecified atom stereocenters. The number of anilines is 1. The highest BCUT2D eigenvalue weighted by Gasteiger charge is 2.13. The summed E-state index contributed by atoms with van der Waals surface area (Å²) in [6, 6.07) is 20.1. The number of rotatable bonds is 7. The lowest BCUT2D eigenvalue weighted by molar-refractivity contribution is 0.102. The van der Waals surface area contributed by atoms with Gasteiger partial charge in [0.05, 0.1) is 5.52 Å². The summed E-state index contributed by atoms with van der Waals surface area (Å²) in [5.41, 5.74) is 3.33. The van der Waals surface area contributed by atoms with Crippen molar-refractivity contribution in [3.05, 3.63) is 72.3 Å². The normalized spacial score (nSPS) is 14.2. The number of aromatic nitrogens is 2. The van der Waals surface area contributed by atoms with E-state index in [1.807, 2.05) is 42.5 Å².